The van der Waals surface area contributed by atoms with Gasteiger partial charge in [0.15, 0.2) is 5.82 Å². The van der Waals surface area contributed by atoms with Crippen molar-refractivity contribution in [2.24, 2.45) is 0 Å². The molecule has 9 heteroatoms. The van der Waals surface area contributed by atoms with E-state index in [9.17, 15) is 17.6 Å². The van der Waals surface area contributed by atoms with Gasteiger partial charge in [0.25, 0.3) is 0 Å². The molecule has 0 radical (unpaired) electrons. The molecule has 2 aromatic heterocycles. The number of pyridine rings is 1. The van der Waals surface area contributed by atoms with Crippen LogP contribution < -0.4 is 4.74 Å². The van der Waals surface area contributed by atoms with Crippen molar-refractivity contribution in [2.75, 3.05) is 7.11 Å². The molecular formula is C17H11F4N3OS. The number of aromatic nitrogens is 3. The third-order valence-electron chi connectivity index (χ3n) is 3.34. The summed E-state index contributed by atoms with van der Waals surface area (Å²) < 4.78 is 56.6. The lowest BCUT2D eigenvalue weighted by atomic mass is 10.2. The molecule has 0 aliphatic carbocycles. The number of hydrogen-bond donors (Lipinski definition) is 0. The smallest absolute Gasteiger partial charge is 0.416 e. The summed E-state index contributed by atoms with van der Waals surface area (Å²) in [5.74, 6) is -0.796. The first-order valence-corrected chi connectivity index (χ1v) is 8.06. The lowest BCUT2D eigenvalue weighted by Gasteiger charge is -2.09. The summed E-state index contributed by atoms with van der Waals surface area (Å²) in [6, 6.07) is 5.89. The topological polar surface area (TPSA) is 47.9 Å². The highest BCUT2D eigenvalue weighted by atomic mass is 32.2. The lowest BCUT2D eigenvalue weighted by Crippen LogP contribution is -2.03. The van der Waals surface area contributed by atoms with E-state index >= 15 is 0 Å². The van der Waals surface area contributed by atoms with Gasteiger partial charge in [-0.05, 0) is 30.3 Å². The van der Waals surface area contributed by atoms with E-state index in [0.717, 1.165) is 23.9 Å². The summed E-state index contributed by atoms with van der Waals surface area (Å²) >= 11 is 1.12. The number of alkyl halides is 3. The van der Waals surface area contributed by atoms with Crippen LogP contribution in [0.1, 0.15) is 5.56 Å². The molecule has 0 fully saturated rings. The van der Waals surface area contributed by atoms with Crippen molar-refractivity contribution in [1.29, 1.82) is 0 Å². The van der Waals surface area contributed by atoms with Crippen LogP contribution in [0.5, 0.6) is 5.88 Å². The quantitative estimate of drug-likeness (QED) is 0.604. The van der Waals surface area contributed by atoms with E-state index in [0.29, 0.717) is 21.2 Å². The van der Waals surface area contributed by atoms with Crippen molar-refractivity contribution in [3.05, 3.63) is 60.3 Å². The summed E-state index contributed by atoms with van der Waals surface area (Å²) in [4.78, 5) is 12.8. The SMILES string of the molecule is COc1ncc(-c2nccnc2Sc2ccc(C(F)(F)F)cc2)cc1F. The Kier molecular flexibility index (Phi) is 5.08. The van der Waals surface area contributed by atoms with E-state index in [-0.39, 0.29) is 5.88 Å². The zero-order valence-corrected chi connectivity index (χ0v) is 14.1. The molecule has 3 aromatic rings. The van der Waals surface area contributed by atoms with Crippen LogP contribution in [0.4, 0.5) is 17.6 Å². The highest BCUT2D eigenvalue weighted by Gasteiger charge is 2.30. The third kappa shape index (κ3) is 3.93. The van der Waals surface area contributed by atoms with Crippen LogP contribution >= 0.6 is 11.8 Å². The van der Waals surface area contributed by atoms with Crippen molar-refractivity contribution in [1.82, 2.24) is 15.0 Å². The van der Waals surface area contributed by atoms with Gasteiger partial charge in [-0.15, -0.1) is 0 Å². The van der Waals surface area contributed by atoms with E-state index < -0.39 is 17.6 Å². The second kappa shape index (κ2) is 7.28. The Labute approximate surface area is 150 Å². The molecular weight excluding hydrogens is 370 g/mol. The van der Waals surface area contributed by atoms with Gasteiger partial charge in [-0.25, -0.2) is 14.4 Å². The Balaban J connectivity index is 1.91. The monoisotopic (exact) mass is 381 g/mol. The molecule has 0 saturated carbocycles. The molecule has 0 bridgehead atoms. The number of hydrogen-bond acceptors (Lipinski definition) is 5. The molecule has 134 valence electrons. The van der Waals surface area contributed by atoms with Crippen molar-refractivity contribution < 1.29 is 22.3 Å². The largest absolute Gasteiger partial charge is 0.479 e. The molecule has 1 aromatic carbocycles. The van der Waals surface area contributed by atoms with Gasteiger partial charge < -0.3 is 4.74 Å². The van der Waals surface area contributed by atoms with E-state index in [2.05, 4.69) is 15.0 Å². The normalized spacial score (nSPS) is 11.4. The second-order valence-electron chi connectivity index (χ2n) is 5.05. The van der Waals surface area contributed by atoms with Crippen molar-refractivity contribution in [3.8, 4) is 17.1 Å². The number of nitrogens with zero attached hydrogens (tertiary/aromatic N) is 3. The summed E-state index contributed by atoms with van der Waals surface area (Å²) in [6.07, 6.45) is -0.118. The molecule has 3 rings (SSSR count). The third-order valence-corrected chi connectivity index (χ3v) is 4.34. The summed E-state index contributed by atoms with van der Waals surface area (Å²) in [7, 11) is 1.30. The molecule has 0 aliphatic heterocycles. The van der Waals surface area contributed by atoms with E-state index in [1.165, 1.54) is 43.9 Å². The molecule has 0 saturated heterocycles. The van der Waals surface area contributed by atoms with Gasteiger partial charge in [-0.2, -0.15) is 13.2 Å². The van der Waals surface area contributed by atoms with Crippen LogP contribution in [0.3, 0.4) is 0 Å². The van der Waals surface area contributed by atoms with E-state index in [4.69, 9.17) is 4.74 Å². The van der Waals surface area contributed by atoms with Crippen molar-refractivity contribution in [3.63, 3.8) is 0 Å². The van der Waals surface area contributed by atoms with Crippen LogP contribution in [-0.4, -0.2) is 22.1 Å². The maximum Gasteiger partial charge on any atom is 0.416 e. The molecule has 0 atom stereocenters. The average molecular weight is 381 g/mol. The number of rotatable bonds is 4. The zero-order chi connectivity index (χ0) is 18.7. The van der Waals surface area contributed by atoms with Crippen LogP contribution in [0, 0.1) is 5.82 Å². The molecule has 0 spiro atoms. The lowest BCUT2D eigenvalue weighted by molar-refractivity contribution is -0.137. The van der Waals surface area contributed by atoms with Gasteiger partial charge in [0, 0.05) is 29.0 Å². The van der Waals surface area contributed by atoms with Crippen LogP contribution in [0.2, 0.25) is 0 Å². The number of ether oxygens (including phenoxy) is 1. The first-order chi connectivity index (χ1) is 12.4. The van der Waals surface area contributed by atoms with Gasteiger partial charge in [0.1, 0.15) is 10.7 Å². The number of halogens is 4. The fourth-order valence-corrected chi connectivity index (χ4v) is 3.00. The highest BCUT2D eigenvalue weighted by Crippen LogP contribution is 2.35. The molecule has 0 aliphatic rings. The molecule has 0 unspecified atom stereocenters. The maximum absolute atomic E-state index is 13.9. The molecule has 26 heavy (non-hydrogen) atoms. The Morgan fingerprint density at radius 2 is 1.69 bits per heavy atom. The van der Waals surface area contributed by atoms with E-state index in [1.54, 1.807) is 0 Å². The second-order valence-corrected chi connectivity index (χ2v) is 6.11. The Hall–Kier alpha value is -2.68. The zero-order valence-electron chi connectivity index (χ0n) is 13.3. The number of benzene rings is 1. The molecule has 0 amide bonds. The summed E-state index contributed by atoms with van der Waals surface area (Å²) in [5, 5.41) is 0.415. The highest BCUT2D eigenvalue weighted by molar-refractivity contribution is 7.99. The predicted octanol–water partition coefficient (Wildman–Crippen LogP) is 4.86. The van der Waals surface area contributed by atoms with Crippen LogP contribution in [0.15, 0.2) is 58.8 Å². The first kappa shape index (κ1) is 18.1. The van der Waals surface area contributed by atoms with E-state index in [1.807, 2.05) is 0 Å². The predicted molar refractivity (Wildman–Crippen MR) is 87.3 cm³/mol. The van der Waals surface area contributed by atoms with Gasteiger partial charge in [-0.3, -0.25) is 4.98 Å². The number of methoxy groups -OCH3 is 1. The van der Waals surface area contributed by atoms with Crippen molar-refractivity contribution >= 4 is 11.8 Å². The van der Waals surface area contributed by atoms with Crippen LogP contribution in [-0.2, 0) is 6.18 Å². The van der Waals surface area contributed by atoms with Crippen molar-refractivity contribution in [2.45, 2.75) is 16.1 Å². The Bertz CT molecular complexity index is 917. The van der Waals surface area contributed by atoms with Gasteiger partial charge in [-0.1, -0.05) is 11.8 Å². The fourth-order valence-electron chi connectivity index (χ4n) is 2.13. The minimum Gasteiger partial charge on any atom is -0.479 e. The maximum atomic E-state index is 13.9. The average Bonchev–Trinajstić information content (AvgIpc) is 2.62. The van der Waals surface area contributed by atoms with Gasteiger partial charge >= 0.3 is 6.18 Å². The summed E-state index contributed by atoms with van der Waals surface area (Å²) in [5.41, 5.74) is 0.0138. The minimum absolute atomic E-state index is 0.144. The van der Waals surface area contributed by atoms with Gasteiger partial charge in [0.05, 0.1) is 12.7 Å². The molecule has 4 nitrogen and oxygen atoms in total. The summed E-state index contributed by atoms with van der Waals surface area (Å²) in [6.45, 7) is 0. The first-order valence-electron chi connectivity index (χ1n) is 7.24. The molecule has 0 N–H and O–H groups in total. The standard InChI is InChI=1S/C17H11F4N3OS/c1-25-15-13(18)8-10(9-24-15)14-16(23-7-6-22-14)26-12-4-2-11(3-5-12)17(19,20)21/h2-9H,1H3. The van der Waals surface area contributed by atoms with Crippen LogP contribution in [0.25, 0.3) is 11.3 Å². The molecule has 2 heterocycles. The Morgan fingerprint density at radius 3 is 2.31 bits per heavy atom. The Morgan fingerprint density at radius 1 is 1.00 bits per heavy atom. The van der Waals surface area contributed by atoms with Gasteiger partial charge in [0.2, 0.25) is 5.88 Å². The fraction of sp³-hybridized carbons (Fsp3) is 0.118. The minimum atomic E-state index is -4.40.